The van der Waals surface area contributed by atoms with Gasteiger partial charge in [0.2, 0.25) is 5.91 Å². The Bertz CT molecular complexity index is 119. The van der Waals surface area contributed by atoms with Crippen LogP contribution in [0.25, 0.3) is 0 Å². The highest BCUT2D eigenvalue weighted by Crippen LogP contribution is 2.01. The van der Waals surface area contributed by atoms with E-state index in [4.69, 9.17) is 0 Å². The van der Waals surface area contributed by atoms with Crippen molar-refractivity contribution in [3.8, 4) is 0 Å². The molecule has 0 saturated carbocycles. The van der Waals surface area contributed by atoms with Crippen molar-refractivity contribution in [2.75, 3.05) is 13.1 Å². The van der Waals surface area contributed by atoms with Crippen molar-refractivity contribution in [2.45, 2.75) is 25.8 Å². The van der Waals surface area contributed by atoms with Gasteiger partial charge in [-0.15, -0.1) is 0 Å². The molecular weight excluding hydrogens is 128 g/mol. The predicted molar refractivity (Wildman–Crippen MR) is 38.7 cm³/mol. The van der Waals surface area contributed by atoms with Gasteiger partial charge in [0.05, 0.1) is 0 Å². The maximum Gasteiger partial charge on any atom is 0.217 e. The van der Waals surface area contributed by atoms with Crippen LogP contribution < -0.4 is 10.6 Å². The van der Waals surface area contributed by atoms with E-state index >= 15 is 0 Å². The first-order chi connectivity index (χ1) is 4.79. The average molecular weight is 141 g/mol. The molecule has 10 heavy (non-hydrogen) atoms. The molecule has 0 bridgehead atoms. The standard InChI is InChI=1S/C7H13N2O/c1-6(10)9-7-2-4-8-5-3-7/h7H,2-5H2,1H3,(H,9,10). The summed E-state index contributed by atoms with van der Waals surface area (Å²) in [6, 6.07) is 0.384. The molecular formula is C7H13N2O. The van der Waals surface area contributed by atoms with Crippen LogP contribution in [-0.2, 0) is 4.79 Å². The molecule has 3 heteroatoms. The van der Waals surface area contributed by atoms with E-state index in [0.717, 1.165) is 25.9 Å². The van der Waals surface area contributed by atoms with Crippen LogP contribution in [0.15, 0.2) is 0 Å². The van der Waals surface area contributed by atoms with Gasteiger partial charge in [-0.3, -0.25) is 4.79 Å². The van der Waals surface area contributed by atoms with Crippen molar-refractivity contribution in [1.29, 1.82) is 0 Å². The van der Waals surface area contributed by atoms with Crippen LogP contribution in [0.4, 0.5) is 0 Å². The number of carbonyl (C=O) groups excluding carboxylic acids is 1. The van der Waals surface area contributed by atoms with Crippen molar-refractivity contribution >= 4 is 5.91 Å². The molecule has 1 aliphatic rings. The van der Waals surface area contributed by atoms with Crippen molar-refractivity contribution in [1.82, 2.24) is 10.6 Å². The van der Waals surface area contributed by atoms with Gasteiger partial charge in [0.1, 0.15) is 0 Å². The minimum absolute atomic E-state index is 0.0758. The number of piperidine rings is 1. The number of amides is 1. The summed E-state index contributed by atoms with van der Waals surface area (Å²) in [7, 11) is 0. The first kappa shape index (κ1) is 7.54. The number of nitrogens with zero attached hydrogens (tertiary/aromatic N) is 1. The van der Waals surface area contributed by atoms with E-state index < -0.39 is 0 Å². The van der Waals surface area contributed by atoms with Crippen molar-refractivity contribution in [3.05, 3.63) is 0 Å². The second-order valence-corrected chi connectivity index (χ2v) is 2.65. The fraction of sp³-hybridized carbons (Fsp3) is 0.857. The molecule has 0 aliphatic carbocycles. The molecule has 57 valence electrons. The van der Waals surface area contributed by atoms with Gasteiger partial charge in [0.15, 0.2) is 0 Å². The van der Waals surface area contributed by atoms with Gasteiger partial charge in [-0.2, -0.15) is 0 Å². The second kappa shape index (κ2) is 3.56. The fourth-order valence-electron chi connectivity index (χ4n) is 1.18. The van der Waals surface area contributed by atoms with Crippen molar-refractivity contribution in [2.24, 2.45) is 0 Å². The van der Waals surface area contributed by atoms with Crippen LogP contribution >= 0.6 is 0 Å². The molecule has 0 aromatic rings. The maximum atomic E-state index is 10.6. The van der Waals surface area contributed by atoms with Gasteiger partial charge in [-0.05, 0) is 12.8 Å². The zero-order valence-corrected chi connectivity index (χ0v) is 6.26. The van der Waals surface area contributed by atoms with Crippen molar-refractivity contribution in [3.63, 3.8) is 0 Å². The van der Waals surface area contributed by atoms with Crippen LogP contribution in [-0.4, -0.2) is 25.0 Å². The van der Waals surface area contributed by atoms with Gasteiger partial charge in [0, 0.05) is 26.1 Å². The number of hydrogen-bond donors (Lipinski definition) is 1. The van der Waals surface area contributed by atoms with E-state index in [0.29, 0.717) is 6.04 Å². The Labute approximate surface area is 61.2 Å². The summed E-state index contributed by atoms with van der Waals surface area (Å²) in [5, 5.41) is 7.07. The lowest BCUT2D eigenvalue weighted by Crippen LogP contribution is -2.39. The number of carbonyl (C=O) groups is 1. The zero-order valence-electron chi connectivity index (χ0n) is 6.26. The number of nitrogens with one attached hydrogen (secondary N) is 1. The normalized spacial score (nSPS) is 20.5. The van der Waals surface area contributed by atoms with Crippen LogP contribution in [0.2, 0.25) is 0 Å². The molecule has 1 aliphatic heterocycles. The van der Waals surface area contributed by atoms with E-state index in [1.54, 1.807) is 6.92 Å². The van der Waals surface area contributed by atoms with Gasteiger partial charge >= 0.3 is 0 Å². The molecule has 3 nitrogen and oxygen atoms in total. The lowest BCUT2D eigenvalue weighted by atomic mass is 10.1. The van der Waals surface area contributed by atoms with Crippen LogP contribution in [0.3, 0.4) is 0 Å². The Hall–Kier alpha value is -0.570. The fourth-order valence-corrected chi connectivity index (χ4v) is 1.18. The summed E-state index contributed by atoms with van der Waals surface area (Å²) in [5.41, 5.74) is 0. The summed E-state index contributed by atoms with van der Waals surface area (Å²) in [6.45, 7) is 3.38. The molecule has 0 aromatic heterocycles. The molecule has 0 unspecified atom stereocenters. The molecule has 1 fully saturated rings. The predicted octanol–water partition coefficient (Wildman–Crippen LogP) is -0.111. The lowest BCUT2D eigenvalue weighted by molar-refractivity contribution is -0.119. The van der Waals surface area contributed by atoms with E-state index in [-0.39, 0.29) is 5.91 Å². The maximum absolute atomic E-state index is 10.6. The molecule has 0 aromatic carbocycles. The van der Waals surface area contributed by atoms with E-state index in [9.17, 15) is 4.79 Å². The summed E-state index contributed by atoms with van der Waals surface area (Å²) in [5.74, 6) is 0.0758. The summed E-state index contributed by atoms with van der Waals surface area (Å²) < 4.78 is 0. The number of rotatable bonds is 1. The molecule has 0 atom stereocenters. The molecule has 1 saturated heterocycles. The highest BCUT2D eigenvalue weighted by Gasteiger charge is 2.13. The first-order valence-corrected chi connectivity index (χ1v) is 3.69. The molecule has 1 N–H and O–H groups in total. The topological polar surface area (TPSA) is 43.2 Å². The summed E-state index contributed by atoms with van der Waals surface area (Å²) in [6.07, 6.45) is 2.03. The third-order valence-electron chi connectivity index (χ3n) is 1.68. The first-order valence-electron chi connectivity index (χ1n) is 3.69. The zero-order chi connectivity index (χ0) is 7.40. The van der Waals surface area contributed by atoms with E-state index in [1.807, 2.05) is 0 Å². The molecule has 1 heterocycles. The Morgan fingerprint density at radius 1 is 1.50 bits per heavy atom. The highest BCUT2D eigenvalue weighted by atomic mass is 16.1. The largest absolute Gasteiger partial charge is 0.354 e. The van der Waals surface area contributed by atoms with Crippen molar-refractivity contribution < 1.29 is 4.79 Å². The quantitative estimate of drug-likeness (QED) is 0.544. The Balaban J connectivity index is 2.19. The second-order valence-electron chi connectivity index (χ2n) is 2.65. The van der Waals surface area contributed by atoms with Gasteiger partial charge in [-0.25, -0.2) is 5.32 Å². The van der Waals surface area contributed by atoms with Crippen LogP contribution in [0.1, 0.15) is 19.8 Å². The van der Waals surface area contributed by atoms with E-state index in [1.165, 1.54) is 0 Å². The van der Waals surface area contributed by atoms with Crippen LogP contribution in [0.5, 0.6) is 0 Å². The highest BCUT2D eigenvalue weighted by molar-refractivity contribution is 5.73. The van der Waals surface area contributed by atoms with Gasteiger partial charge in [-0.1, -0.05) is 0 Å². The average Bonchev–Trinajstić information content (AvgIpc) is 1.88. The lowest BCUT2D eigenvalue weighted by Gasteiger charge is -2.21. The Kier molecular flexibility index (Phi) is 2.68. The number of hydrogen-bond acceptors (Lipinski definition) is 1. The molecule has 1 radical (unpaired) electrons. The molecule has 1 amide bonds. The smallest absolute Gasteiger partial charge is 0.217 e. The monoisotopic (exact) mass is 141 g/mol. The molecule has 1 rings (SSSR count). The van der Waals surface area contributed by atoms with Gasteiger partial charge < -0.3 is 5.32 Å². The Morgan fingerprint density at radius 2 is 2.10 bits per heavy atom. The van der Waals surface area contributed by atoms with Gasteiger partial charge in [0.25, 0.3) is 0 Å². The minimum Gasteiger partial charge on any atom is -0.354 e. The summed E-state index contributed by atoms with van der Waals surface area (Å²) in [4.78, 5) is 10.6. The van der Waals surface area contributed by atoms with Crippen LogP contribution in [0, 0.1) is 0 Å². The third kappa shape index (κ3) is 2.35. The third-order valence-corrected chi connectivity index (χ3v) is 1.68. The summed E-state index contributed by atoms with van der Waals surface area (Å²) >= 11 is 0. The molecule has 0 spiro atoms. The van der Waals surface area contributed by atoms with E-state index in [2.05, 4.69) is 10.6 Å². The minimum atomic E-state index is 0.0758. The Morgan fingerprint density at radius 3 is 2.60 bits per heavy atom. The SMILES string of the molecule is CC(=O)NC1CC[N]CC1.